The van der Waals surface area contributed by atoms with Crippen molar-refractivity contribution in [1.29, 1.82) is 0 Å². The standard InChI is InChI=1S/C19H14N4O/c1-11-10-24-19(22-11)15-7-12(8-18-16(15)9-21-23-18)13-3-2-4-17-14(13)5-6-20-17/h2-10,20H,1H3,(H,21,23). The maximum Gasteiger partial charge on any atom is 0.226 e. The van der Waals surface area contributed by atoms with Crippen molar-refractivity contribution in [2.45, 2.75) is 6.92 Å². The quantitative estimate of drug-likeness (QED) is 0.497. The molecule has 0 atom stereocenters. The fourth-order valence-electron chi connectivity index (χ4n) is 3.20. The van der Waals surface area contributed by atoms with E-state index in [0.29, 0.717) is 5.89 Å². The number of fused-ring (bicyclic) bond motifs is 2. The molecule has 0 aliphatic rings. The average molecular weight is 314 g/mol. The Labute approximate surface area is 137 Å². The van der Waals surface area contributed by atoms with Crippen molar-refractivity contribution in [2.75, 3.05) is 0 Å². The molecular weight excluding hydrogens is 300 g/mol. The lowest BCUT2D eigenvalue weighted by atomic mass is 9.97. The maximum atomic E-state index is 5.63. The largest absolute Gasteiger partial charge is 0.444 e. The van der Waals surface area contributed by atoms with Crippen molar-refractivity contribution in [2.24, 2.45) is 0 Å². The first-order chi connectivity index (χ1) is 11.8. The second kappa shape index (κ2) is 4.83. The summed E-state index contributed by atoms with van der Waals surface area (Å²) in [4.78, 5) is 7.74. The number of H-pyrrole nitrogens is 2. The lowest BCUT2D eigenvalue weighted by molar-refractivity contribution is 0.574. The first-order valence-corrected chi connectivity index (χ1v) is 7.76. The molecule has 2 N–H and O–H groups in total. The number of hydrogen-bond acceptors (Lipinski definition) is 3. The molecule has 0 aliphatic carbocycles. The van der Waals surface area contributed by atoms with E-state index in [-0.39, 0.29) is 0 Å². The smallest absolute Gasteiger partial charge is 0.226 e. The zero-order valence-electron chi connectivity index (χ0n) is 13.0. The van der Waals surface area contributed by atoms with Crippen LogP contribution in [0.5, 0.6) is 0 Å². The normalized spacial score (nSPS) is 11.5. The summed E-state index contributed by atoms with van der Waals surface area (Å²) in [6.45, 7) is 1.92. The second-order valence-electron chi connectivity index (χ2n) is 5.89. The van der Waals surface area contributed by atoms with Crippen molar-refractivity contribution in [3.05, 3.63) is 60.7 Å². The number of aryl methyl sites for hydroxylation is 1. The van der Waals surface area contributed by atoms with Gasteiger partial charge in [-0.25, -0.2) is 4.98 Å². The van der Waals surface area contributed by atoms with Crippen molar-refractivity contribution in [3.8, 4) is 22.6 Å². The van der Waals surface area contributed by atoms with Gasteiger partial charge in [-0.15, -0.1) is 0 Å². The Morgan fingerprint density at radius 1 is 1.00 bits per heavy atom. The Bertz CT molecular complexity index is 1180. The summed E-state index contributed by atoms with van der Waals surface area (Å²) in [6.07, 6.45) is 5.44. The zero-order valence-corrected chi connectivity index (χ0v) is 13.0. The van der Waals surface area contributed by atoms with E-state index in [2.05, 4.69) is 56.6 Å². The van der Waals surface area contributed by atoms with Crippen LogP contribution in [0.3, 0.4) is 0 Å². The van der Waals surface area contributed by atoms with Crippen LogP contribution in [0.15, 0.2) is 59.5 Å². The molecule has 116 valence electrons. The Morgan fingerprint density at radius 3 is 2.83 bits per heavy atom. The molecule has 2 aromatic carbocycles. The molecule has 0 radical (unpaired) electrons. The van der Waals surface area contributed by atoms with Gasteiger partial charge < -0.3 is 9.40 Å². The SMILES string of the molecule is Cc1coc(-c2cc(-c3cccc4[nH]ccc34)cc3[nH]ncc23)n1. The van der Waals surface area contributed by atoms with Crippen LogP contribution in [0.2, 0.25) is 0 Å². The minimum absolute atomic E-state index is 0.613. The zero-order chi connectivity index (χ0) is 16.1. The molecule has 5 aromatic rings. The average Bonchev–Trinajstić information content (AvgIpc) is 3.33. The van der Waals surface area contributed by atoms with Crippen LogP contribution >= 0.6 is 0 Å². The molecule has 0 saturated heterocycles. The fraction of sp³-hybridized carbons (Fsp3) is 0.0526. The third-order valence-corrected chi connectivity index (χ3v) is 4.31. The van der Waals surface area contributed by atoms with Gasteiger partial charge >= 0.3 is 0 Å². The van der Waals surface area contributed by atoms with Gasteiger partial charge in [0.1, 0.15) is 6.26 Å². The predicted molar refractivity (Wildman–Crippen MR) is 93.6 cm³/mol. The number of rotatable bonds is 2. The third kappa shape index (κ3) is 1.88. The Balaban J connectivity index is 1.82. The van der Waals surface area contributed by atoms with Crippen molar-refractivity contribution in [1.82, 2.24) is 20.2 Å². The van der Waals surface area contributed by atoms with E-state index in [1.54, 1.807) is 6.26 Å². The first kappa shape index (κ1) is 13.1. The van der Waals surface area contributed by atoms with Gasteiger partial charge in [0.05, 0.1) is 17.4 Å². The molecule has 0 unspecified atom stereocenters. The predicted octanol–water partition coefficient (Wildman–Crippen LogP) is 4.67. The summed E-state index contributed by atoms with van der Waals surface area (Å²) in [6, 6.07) is 12.6. The van der Waals surface area contributed by atoms with Crippen LogP contribution in [0.1, 0.15) is 5.69 Å². The Hall–Kier alpha value is -3.34. The molecule has 0 bridgehead atoms. The molecule has 3 heterocycles. The van der Waals surface area contributed by atoms with Crippen LogP contribution in [-0.2, 0) is 0 Å². The van der Waals surface area contributed by atoms with E-state index in [1.807, 2.05) is 19.3 Å². The van der Waals surface area contributed by atoms with E-state index in [1.165, 1.54) is 5.39 Å². The van der Waals surface area contributed by atoms with Crippen LogP contribution in [0.25, 0.3) is 44.4 Å². The van der Waals surface area contributed by atoms with E-state index < -0.39 is 0 Å². The molecule has 3 aromatic heterocycles. The van der Waals surface area contributed by atoms with Crippen molar-refractivity contribution < 1.29 is 4.42 Å². The number of nitrogens with zero attached hydrogens (tertiary/aromatic N) is 2. The third-order valence-electron chi connectivity index (χ3n) is 4.31. The molecule has 5 rings (SSSR count). The Kier molecular flexibility index (Phi) is 2.64. The van der Waals surface area contributed by atoms with Crippen molar-refractivity contribution >= 4 is 21.8 Å². The van der Waals surface area contributed by atoms with Crippen LogP contribution in [0, 0.1) is 6.92 Å². The molecule has 0 spiro atoms. The molecular formula is C19H14N4O. The Morgan fingerprint density at radius 2 is 1.96 bits per heavy atom. The van der Waals surface area contributed by atoms with Crippen molar-refractivity contribution in [3.63, 3.8) is 0 Å². The fourth-order valence-corrected chi connectivity index (χ4v) is 3.20. The van der Waals surface area contributed by atoms with Gasteiger partial charge in [0.2, 0.25) is 5.89 Å². The number of aromatic amines is 2. The first-order valence-electron chi connectivity index (χ1n) is 7.76. The molecule has 0 amide bonds. The molecule has 5 nitrogen and oxygen atoms in total. The summed E-state index contributed by atoms with van der Waals surface area (Å²) in [5, 5.41) is 9.43. The molecule has 0 fully saturated rings. The van der Waals surface area contributed by atoms with Crippen LogP contribution in [-0.4, -0.2) is 20.2 Å². The highest BCUT2D eigenvalue weighted by molar-refractivity contribution is 6.01. The van der Waals surface area contributed by atoms with Crippen LogP contribution in [0.4, 0.5) is 0 Å². The summed E-state index contributed by atoms with van der Waals surface area (Å²) in [5.74, 6) is 0.613. The van der Waals surface area contributed by atoms with Gasteiger partial charge in [0.15, 0.2) is 0 Å². The van der Waals surface area contributed by atoms with E-state index in [0.717, 1.165) is 38.8 Å². The molecule has 5 heteroatoms. The number of nitrogens with one attached hydrogen (secondary N) is 2. The van der Waals surface area contributed by atoms with Gasteiger partial charge in [-0.2, -0.15) is 5.10 Å². The lowest BCUT2D eigenvalue weighted by Gasteiger charge is -2.07. The lowest BCUT2D eigenvalue weighted by Crippen LogP contribution is -1.85. The summed E-state index contributed by atoms with van der Waals surface area (Å²) < 4.78 is 5.63. The van der Waals surface area contributed by atoms with Gasteiger partial charge in [0.25, 0.3) is 0 Å². The van der Waals surface area contributed by atoms with Gasteiger partial charge in [-0.05, 0) is 42.3 Å². The number of benzene rings is 2. The van der Waals surface area contributed by atoms with Crippen LogP contribution < -0.4 is 0 Å². The maximum absolute atomic E-state index is 5.63. The summed E-state index contributed by atoms with van der Waals surface area (Å²) in [7, 11) is 0. The minimum atomic E-state index is 0.613. The van der Waals surface area contributed by atoms with E-state index in [4.69, 9.17) is 4.42 Å². The number of aromatic nitrogens is 4. The van der Waals surface area contributed by atoms with E-state index in [9.17, 15) is 0 Å². The van der Waals surface area contributed by atoms with Gasteiger partial charge in [-0.1, -0.05) is 12.1 Å². The molecule has 0 aliphatic heterocycles. The second-order valence-corrected chi connectivity index (χ2v) is 5.89. The molecule has 24 heavy (non-hydrogen) atoms. The molecule has 0 saturated carbocycles. The van der Waals surface area contributed by atoms with Gasteiger partial charge in [-0.3, -0.25) is 5.10 Å². The number of oxazole rings is 1. The minimum Gasteiger partial charge on any atom is -0.444 e. The summed E-state index contributed by atoms with van der Waals surface area (Å²) in [5.41, 5.74) is 6.14. The highest BCUT2D eigenvalue weighted by Gasteiger charge is 2.14. The summed E-state index contributed by atoms with van der Waals surface area (Å²) >= 11 is 0. The monoisotopic (exact) mass is 314 g/mol. The van der Waals surface area contributed by atoms with E-state index >= 15 is 0 Å². The van der Waals surface area contributed by atoms with Gasteiger partial charge in [0, 0.05) is 28.0 Å². The number of hydrogen-bond donors (Lipinski definition) is 2. The highest BCUT2D eigenvalue weighted by Crippen LogP contribution is 2.35. The topological polar surface area (TPSA) is 70.5 Å². The highest BCUT2D eigenvalue weighted by atomic mass is 16.3.